The highest BCUT2D eigenvalue weighted by Crippen LogP contribution is 2.23. The number of pyridine rings is 1. The first-order valence-electron chi connectivity index (χ1n) is 10.1. The monoisotopic (exact) mass is 444 g/mol. The molecule has 10 heteroatoms. The number of unbranched alkanes of at least 4 members (excludes halogenated alkanes) is 3. The van der Waals surface area contributed by atoms with Gasteiger partial charge in [0.15, 0.2) is 0 Å². The van der Waals surface area contributed by atoms with Crippen LogP contribution in [0.5, 0.6) is 0 Å². The Labute approximate surface area is 183 Å². The van der Waals surface area contributed by atoms with Crippen LogP contribution in [-0.4, -0.2) is 45.5 Å². The van der Waals surface area contributed by atoms with Gasteiger partial charge in [0.2, 0.25) is 5.91 Å². The van der Waals surface area contributed by atoms with E-state index in [2.05, 4.69) is 10.1 Å². The molecule has 2 heterocycles. The van der Waals surface area contributed by atoms with Gasteiger partial charge in [0.25, 0.3) is 0 Å². The van der Waals surface area contributed by atoms with Gasteiger partial charge in [0.1, 0.15) is 0 Å². The number of fused-ring (bicyclic) bond motifs is 1. The van der Waals surface area contributed by atoms with E-state index in [-0.39, 0.29) is 13.0 Å². The molecule has 3 aromatic rings. The number of aryl methyl sites for hydroxylation is 1. The number of hydroxylamine groups is 1. The van der Waals surface area contributed by atoms with Crippen LogP contribution in [0.3, 0.4) is 0 Å². The number of nitrogens with zero attached hydrogens (tertiary/aromatic N) is 4. The van der Waals surface area contributed by atoms with Crippen LogP contribution >= 0.6 is 0 Å². The van der Waals surface area contributed by atoms with Gasteiger partial charge < -0.3 is 4.55 Å². The fraction of sp³-hybridized carbons (Fsp3) is 0.381. The van der Waals surface area contributed by atoms with Crippen molar-refractivity contribution in [3.8, 4) is 11.3 Å². The average molecular weight is 445 g/mol. The molecule has 31 heavy (non-hydrogen) atoms. The first kappa shape index (κ1) is 23.0. The highest BCUT2D eigenvalue weighted by molar-refractivity contribution is 7.76. The number of carbonyl (C=O) groups is 1. The van der Waals surface area contributed by atoms with Crippen LogP contribution in [0.4, 0.5) is 0 Å². The minimum Gasteiger partial charge on any atom is -0.760 e. The predicted octanol–water partition coefficient (Wildman–Crippen LogP) is 2.69. The summed E-state index contributed by atoms with van der Waals surface area (Å²) in [5.74, 6) is -0.404. The predicted molar refractivity (Wildman–Crippen MR) is 116 cm³/mol. The van der Waals surface area contributed by atoms with Gasteiger partial charge in [0, 0.05) is 55.0 Å². The Morgan fingerprint density at radius 2 is 2.00 bits per heavy atom. The van der Waals surface area contributed by atoms with Gasteiger partial charge >= 0.3 is 0 Å². The first-order valence-corrected chi connectivity index (χ1v) is 11.2. The largest absolute Gasteiger partial charge is 0.760 e. The second-order valence-corrected chi connectivity index (χ2v) is 8.32. The number of nitrogens with one attached hydrogen (secondary N) is 1. The van der Waals surface area contributed by atoms with Crippen LogP contribution in [0.15, 0.2) is 42.7 Å². The van der Waals surface area contributed by atoms with Gasteiger partial charge in [-0.1, -0.05) is 31.0 Å². The topological polar surface area (TPSA) is 123 Å². The number of amides is 1. The third-order valence-electron chi connectivity index (χ3n) is 5.13. The molecule has 0 aliphatic carbocycles. The van der Waals surface area contributed by atoms with Gasteiger partial charge in [-0.15, -0.1) is 0 Å². The van der Waals surface area contributed by atoms with Crippen LogP contribution in [0, 0.1) is 0 Å². The van der Waals surface area contributed by atoms with E-state index in [0.29, 0.717) is 19.4 Å². The molecule has 0 aliphatic rings. The maximum atomic E-state index is 11.6. The molecular weight excluding hydrogens is 418 g/mol. The molecule has 0 radical (unpaired) electrons. The number of hydrogen-bond acceptors (Lipinski definition) is 6. The van der Waals surface area contributed by atoms with E-state index >= 15 is 0 Å². The lowest BCUT2D eigenvalue weighted by Crippen LogP contribution is -2.26. The molecule has 0 fully saturated rings. The summed E-state index contributed by atoms with van der Waals surface area (Å²) < 4.78 is 26.4. The summed E-state index contributed by atoms with van der Waals surface area (Å²) in [5, 5.41) is 13.8. The average Bonchev–Trinajstić information content (AvgIpc) is 3.15. The zero-order chi connectivity index (χ0) is 22.2. The fourth-order valence-corrected chi connectivity index (χ4v) is 3.92. The van der Waals surface area contributed by atoms with Crippen molar-refractivity contribution in [1.29, 1.82) is 0 Å². The number of aromatic nitrogens is 3. The van der Waals surface area contributed by atoms with E-state index in [0.717, 1.165) is 40.6 Å². The smallest absolute Gasteiger partial charge is 0.243 e. The Bertz CT molecular complexity index is 1040. The summed E-state index contributed by atoms with van der Waals surface area (Å²) in [6.07, 6.45) is 6.74. The van der Waals surface area contributed by atoms with E-state index in [9.17, 15) is 13.6 Å². The molecule has 1 amide bonds. The number of carbonyl (C=O) groups excluding carboxylic acids is 1. The zero-order valence-corrected chi connectivity index (χ0v) is 18.2. The van der Waals surface area contributed by atoms with Crippen LogP contribution in [0.2, 0.25) is 0 Å². The van der Waals surface area contributed by atoms with Crippen LogP contribution in [0.1, 0.15) is 37.7 Å². The van der Waals surface area contributed by atoms with Gasteiger partial charge in [-0.3, -0.25) is 23.9 Å². The molecule has 0 aliphatic heterocycles. The highest BCUT2D eigenvalue weighted by Gasteiger charge is 2.09. The minimum atomic E-state index is -2.33. The van der Waals surface area contributed by atoms with Crippen molar-refractivity contribution >= 4 is 28.1 Å². The number of hydrogen-bond donors (Lipinski definition) is 2. The van der Waals surface area contributed by atoms with Crippen LogP contribution in [0.25, 0.3) is 22.2 Å². The summed E-state index contributed by atoms with van der Waals surface area (Å²) in [4.78, 5) is 15.5. The van der Waals surface area contributed by atoms with Crippen molar-refractivity contribution < 1.29 is 18.8 Å². The maximum absolute atomic E-state index is 11.6. The SMILES string of the molecule is Cn1ncc2ccc(-c3ccc(CN(CCCCCCC(=O)NO)S(=O)[O-])cn3)cc21. The van der Waals surface area contributed by atoms with Gasteiger partial charge in [0.05, 0.1) is 17.4 Å². The van der Waals surface area contributed by atoms with E-state index in [1.54, 1.807) is 11.7 Å². The Balaban J connectivity index is 1.54. The summed E-state index contributed by atoms with van der Waals surface area (Å²) in [5.41, 5.74) is 5.22. The normalized spacial score (nSPS) is 12.4. The Kier molecular flexibility index (Phi) is 8.24. The molecule has 9 nitrogen and oxygen atoms in total. The lowest BCUT2D eigenvalue weighted by atomic mass is 10.1. The molecule has 0 bridgehead atoms. The zero-order valence-electron chi connectivity index (χ0n) is 17.4. The molecule has 166 valence electrons. The molecule has 1 aromatic carbocycles. The van der Waals surface area contributed by atoms with E-state index < -0.39 is 17.2 Å². The molecule has 1 unspecified atom stereocenters. The van der Waals surface area contributed by atoms with Gasteiger partial charge in [-0.2, -0.15) is 5.10 Å². The first-order chi connectivity index (χ1) is 15.0. The van der Waals surface area contributed by atoms with Crippen molar-refractivity contribution in [3.63, 3.8) is 0 Å². The summed E-state index contributed by atoms with van der Waals surface area (Å²) in [7, 11) is 1.89. The van der Waals surface area contributed by atoms with Crippen molar-refractivity contribution in [3.05, 3.63) is 48.3 Å². The van der Waals surface area contributed by atoms with Gasteiger partial charge in [-0.25, -0.2) is 9.79 Å². The Morgan fingerprint density at radius 1 is 1.19 bits per heavy atom. The summed E-state index contributed by atoms with van der Waals surface area (Å²) in [6.45, 7) is 0.665. The quantitative estimate of drug-likeness (QED) is 0.203. The fourth-order valence-electron chi connectivity index (χ4n) is 3.39. The lowest BCUT2D eigenvalue weighted by Gasteiger charge is -2.24. The van der Waals surface area contributed by atoms with Crippen molar-refractivity contribution in [1.82, 2.24) is 24.5 Å². The maximum Gasteiger partial charge on any atom is 0.243 e. The molecule has 0 saturated heterocycles. The molecule has 2 N–H and O–H groups in total. The van der Waals surface area contributed by atoms with Crippen LogP contribution in [-0.2, 0) is 29.7 Å². The molecule has 3 rings (SSSR count). The van der Waals surface area contributed by atoms with Crippen molar-refractivity contribution in [2.45, 2.75) is 38.6 Å². The minimum absolute atomic E-state index is 0.261. The van der Waals surface area contributed by atoms with Gasteiger partial charge in [-0.05, 0) is 30.5 Å². The molecule has 0 saturated carbocycles. The lowest BCUT2D eigenvalue weighted by molar-refractivity contribution is -0.129. The Hall–Kier alpha value is -2.66. The number of benzene rings is 1. The molecular formula is C21H26N5O4S-. The number of rotatable bonds is 11. The van der Waals surface area contributed by atoms with E-state index in [1.807, 2.05) is 48.3 Å². The third-order valence-corrected chi connectivity index (χ3v) is 5.86. The Morgan fingerprint density at radius 3 is 2.71 bits per heavy atom. The standard InChI is InChI=1S/C21H27N5O4S/c1-25-20-12-17(8-9-18(20)14-23-25)19-10-7-16(13-22-19)15-26(31(29)30)11-5-3-2-4-6-21(27)24-28/h7-10,12-14,28H,2-6,11,15H2,1H3,(H,24,27)(H,29,30)/p-1. The third kappa shape index (κ3) is 6.41. The van der Waals surface area contributed by atoms with Crippen molar-refractivity contribution in [2.24, 2.45) is 7.05 Å². The highest BCUT2D eigenvalue weighted by atomic mass is 32.2. The summed E-state index contributed by atoms with van der Waals surface area (Å²) in [6, 6.07) is 9.82. The molecule has 1 atom stereocenters. The second kappa shape index (κ2) is 11.1. The molecule has 2 aromatic heterocycles. The molecule has 0 spiro atoms. The van der Waals surface area contributed by atoms with E-state index in [4.69, 9.17) is 5.21 Å². The van der Waals surface area contributed by atoms with Crippen LogP contribution < -0.4 is 5.48 Å². The summed E-state index contributed by atoms with van der Waals surface area (Å²) >= 11 is -2.33. The van der Waals surface area contributed by atoms with Crippen molar-refractivity contribution in [2.75, 3.05) is 6.54 Å². The second-order valence-electron chi connectivity index (χ2n) is 7.37. The van der Waals surface area contributed by atoms with E-state index in [1.165, 1.54) is 4.31 Å².